The average molecular weight is 460 g/mol. The van der Waals surface area contributed by atoms with Crippen molar-refractivity contribution in [3.63, 3.8) is 0 Å². The number of carboxylic acid groups (broad SMARTS) is 1. The van der Waals surface area contributed by atoms with Gasteiger partial charge in [-0.15, -0.1) is 0 Å². The summed E-state index contributed by atoms with van der Waals surface area (Å²) in [4.78, 5) is 14.4. The lowest BCUT2D eigenvalue weighted by Gasteiger charge is -2.37. The molecule has 0 aliphatic carbocycles. The number of likely N-dealkylation sites (tertiary alicyclic amines) is 1. The van der Waals surface area contributed by atoms with Crippen LogP contribution in [0.4, 0.5) is 0 Å². The maximum absolute atomic E-state index is 12.3. The summed E-state index contributed by atoms with van der Waals surface area (Å²) in [5, 5.41) is 10.7. The maximum Gasteiger partial charge on any atom is 0.325 e. The standard InChI is InChI=1S/C25H34ClNO3Si/c1-25(2,3)31(4,5)30-17-19-15-27(16-21(19)18-11-7-6-8-12-18)23(24(28)29)20-13-9-10-14-22(20)26/h6-14,19,21,23H,15-17H2,1-5H3,(H,28,29)/t19-,21-,23?/m1/s1. The van der Waals surface area contributed by atoms with Gasteiger partial charge in [0, 0.05) is 36.6 Å². The minimum atomic E-state index is -1.90. The van der Waals surface area contributed by atoms with Crippen LogP contribution in [0, 0.1) is 5.92 Å². The minimum Gasteiger partial charge on any atom is -0.480 e. The predicted molar refractivity (Wildman–Crippen MR) is 129 cm³/mol. The number of carboxylic acids is 1. The highest BCUT2D eigenvalue weighted by Crippen LogP contribution is 2.41. The van der Waals surface area contributed by atoms with E-state index in [1.807, 2.05) is 36.4 Å². The minimum absolute atomic E-state index is 0.134. The van der Waals surface area contributed by atoms with E-state index >= 15 is 0 Å². The molecule has 2 aromatic rings. The van der Waals surface area contributed by atoms with Crippen LogP contribution in [0.3, 0.4) is 0 Å². The van der Waals surface area contributed by atoms with Crippen molar-refractivity contribution in [2.45, 2.75) is 50.9 Å². The Labute approximate surface area is 192 Å². The van der Waals surface area contributed by atoms with Crippen LogP contribution < -0.4 is 0 Å². The average Bonchev–Trinajstić information content (AvgIpc) is 3.11. The summed E-state index contributed by atoms with van der Waals surface area (Å²) < 4.78 is 6.59. The number of halogens is 1. The molecule has 0 aromatic heterocycles. The van der Waals surface area contributed by atoms with E-state index in [2.05, 4.69) is 50.9 Å². The number of nitrogens with zero attached hydrogens (tertiary/aromatic N) is 1. The first-order chi connectivity index (χ1) is 14.5. The fourth-order valence-corrected chi connectivity index (χ4v) is 5.38. The van der Waals surface area contributed by atoms with E-state index in [4.69, 9.17) is 16.0 Å². The van der Waals surface area contributed by atoms with Crippen LogP contribution in [0.1, 0.15) is 43.9 Å². The molecule has 6 heteroatoms. The van der Waals surface area contributed by atoms with Gasteiger partial charge >= 0.3 is 5.97 Å². The monoisotopic (exact) mass is 459 g/mol. The second kappa shape index (κ2) is 9.45. The fourth-order valence-electron chi connectivity index (χ4n) is 4.08. The summed E-state index contributed by atoms with van der Waals surface area (Å²) in [5.74, 6) is -0.429. The largest absolute Gasteiger partial charge is 0.480 e. The molecule has 0 amide bonds. The van der Waals surface area contributed by atoms with Gasteiger partial charge in [0.2, 0.25) is 0 Å². The number of hydrogen-bond acceptors (Lipinski definition) is 3. The van der Waals surface area contributed by atoms with Gasteiger partial charge in [0.25, 0.3) is 0 Å². The molecule has 0 bridgehead atoms. The van der Waals surface area contributed by atoms with Gasteiger partial charge in [-0.25, -0.2) is 0 Å². The first kappa shape index (κ1) is 24.0. The molecule has 1 aliphatic heterocycles. The number of benzene rings is 2. The van der Waals surface area contributed by atoms with Crippen molar-refractivity contribution in [1.29, 1.82) is 0 Å². The van der Waals surface area contributed by atoms with Crippen LogP contribution >= 0.6 is 11.6 Å². The van der Waals surface area contributed by atoms with Crippen molar-refractivity contribution in [2.24, 2.45) is 5.92 Å². The van der Waals surface area contributed by atoms with Crippen LogP contribution in [0.15, 0.2) is 54.6 Å². The number of aliphatic carboxylic acids is 1. The zero-order chi connectivity index (χ0) is 22.8. The fraction of sp³-hybridized carbons (Fsp3) is 0.480. The van der Waals surface area contributed by atoms with Gasteiger partial charge in [0.1, 0.15) is 6.04 Å². The number of hydrogen-bond donors (Lipinski definition) is 1. The first-order valence-corrected chi connectivity index (χ1v) is 14.2. The van der Waals surface area contributed by atoms with Gasteiger partial charge in [-0.3, -0.25) is 9.69 Å². The molecule has 1 N–H and O–H groups in total. The molecular formula is C25H34ClNO3Si. The molecule has 31 heavy (non-hydrogen) atoms. The summed E-state index contributed by atoms with van der Waals surface area (Å²) in [6, 6.07) is 16.9. The van der Waals surface area contributed by atoms with Crippen LogP contribution in [-0.2, 0) is 9.22 Å². The van der Waals surface area contributed by atoms with Crippen molar-refractivity contribution in [3.8, 4) is 0 Å². The van der Waals surface area contributed by atoms with Crippen molar-refractivity contribution >= 4 is 25.9 Å². The molecule has 168 valence electrons. The molecule has 0 radical (unpaired) electrons. The Hall–Kier alpha value is -1.66. The van der Waals surface area contributed by atoms with Crippen LogP contribution in [0.25, 0.3) is 0 Å². The normalized spacial score (nSPS) is 21.2. The quantitative estimate of drug-likeness (QED) is 0.500. The number of rotatable bonds is 7. The zero-order valence-corrected chi connectivity index (χ0v) is 20.9. The van der Waals surface area contributed by atoms with Crippen LogP contribution in [0.2, 0.25) is 23.2 Å². The van der Waals surface area contributed by atoms with Crippen molar-refractivity contribution in [3.05, 3.63) is 70.7 Å². The van der Waals surface area contributed by atoms with Crippen LogP contribution in [-0.4, -0.2) is 44.0 Å². The summed E-state index contributed by atoms with van der Waals surface area (Å²) in [7, 11) is -1.90. The van der Waals surface area contributed by atoms with Crippen LogP contribution in [0.5, 0.6) is 0 Å². The molecule has 0 spiro atoms. The second-order valence-electron chi connectivity index (χ2n) is 10.1. The third-order valence-corrected chi connectivity index (χ3v) is 11.8. The van der Waals surface area contributed by atoms with E-state index in [0.29, 0.717) is 30.3 Å². The smallest absolute Gasteiger partial charge is 0.325 e. The Balaban J connectivity index is 1.89. The van der Waals surface area contributed by atoms with E-state index < -0.39 is 20.3 Å². The highest BCUT2D eigenvalue weighted by molar-refractivity contribution is 6.74. The molecule has 3 atom stereocenters. The topological polar surface area (TPSA) is 49.8 Å². The molecule has 1 aliphatic rings. The van der Waals surface area contributed by atoms with Crippen molar-refractivity contribution < 1.29 is 14.3 Å². The third kappa shape index (κ3) is 5.40. The Bertz CT molecular complexity index is 897. The summed E-state index contributed by atoms with van der Waals surface area (Å²) in [5.41, 5.74) is 1.88. The Kier molecular flexibility index (Phi) is 7.31. The van der Waals surface area contributed by atoms with E-state index in [-0.39, 0.29) is 16.9 Å². The SMILES string of the molecule is CC(C)(C)[Si](C)(C)OC[C@H]1CN(C(C(=O)O)c2ccccc2Cl)C[C@@H]1c1ccccc1. The summed E-state index contributed by atoms with van der Waals surface area (Å²) in [6.07, 6.45) is 0. The van der Waals surface area contributed by atoms with E-state index in [0.717, 1.165) is 0 Å². The van der Waals surface area contributed by atoms with E-state index in [1.165, 1.54) is 5.56 Å². The highest BCUT2D eigenvalue weighted by Gasteiger charge is 2.43. The Morgan fingerprint density at radius 3 is 2.32 bits per heavy atom. The molecule has 1 fully saturated rings. The third-order valence-electron chi connectivity index (χ3n) is 6.96. The Morgan fingerprint density at radius 1 is 1.13 bits per heavy atom. The molecule has 1 heterocycles. The molecule has 3 rings (SSSR count). The molecule has 1 unspecified atom stereocenters. The van der Waals surface area contributed by atoms with Crippen molar-refractivity contribution in [1.82, 2.24) is 4.90 Å². The number of carbonyl (C=O) groups is 1. The molecule has 1 saturated heterocycles. The van der Waals surface area contributed by atoms with Gasteiger partial charge < -0.3 is 9.53 Å². The molecular weight excluding hydrogens is 426 g/mol. The lowest BCUT2D eigenvalue weighted by molar-refractivity contribution is -0.143. The second-order valence-corrected chi connectivity index (χ2v) is 15.3. The van der Waals surface area contributed by atoms with Crippen molar-refractivity contribution in [2.75, 3.05) is 19.7 Å². The highest BCUT2D eigenvalue weighted by atomic mass is 35.5. The lowest BCUT2D eigenvalue weighted by atomic mass is 9.90. The van der Waals surface area contributed by atoms with E-state index in [1.54, 1.807) is 6.07 Å². The predicted octanol–water partition coefficient (Wildman–Crippen LogP) is 6.20. The summed E-state index contributed by atoms with van der Waals surface area (Å²) >= 11 is 6.39. The molecule has 4 nitrogen and oxygen atoms in total. The van der Waals surface area contributed by atoms with Gasteiger partial charge in [0.15, 0.2) is 8.32 Å². The summed E-state index contributed by atoms with van der Waals surface area (Å²) in [6.45, 7) is 13.2. The Morgan fingerprint density at radius 2 is 1.74 bits per heavy atom. The lowest BCUT2D eigenvalue weighted by Crippen LogP contribution is -2.42. The zero-order valence-electron chi connectivity index (χ0n) is 19.1. The van der Waals surface area contributed by atoms with Gasteiger partial charge in [-0.1, -0.05) is 80.9 Å². The maximum atomic E-state index is 12.3. The van der Waals surface area contributed by atoms with Gasteiger partial charge in [-0.2, -0.15) is 0 Å². The molecule has 0 saturated carbocycles. The van der Waals surface area contributed by atoms with Gasteiger partial charge in [-0.05, 0) is 35.3 Å². The molecule has 2 aromatic carbocycles. The van der Waals surface area contributed by atoms with E-state index in [9.17, 15) is 9.90 Å². The first-order valence-electron chi connectivity index (χ1n) is 10.9. The van der Waals surface area contributed by atoms with Gasteiger partial charge in [0.05, 0.1) is 0 Å².